The van der Waals surface area contributed by atoms with Crippen molar-refractivity contribution < 1.29 is 9.94 Å². The molecule has 3 nitrogen and oxygen atoms in total. The van der Waals surface area contributed by atoms with Crippen molar-refractivity contribution in [3.63, 3.8) is 0 Å². The highest BCUT2D eigenvalue weighted by Gasteiger charge is 2.47. The van der Waals surface area contributed by atoms with Gasteiger partial charge in [0.2, 0.25) is 6.29 Å². The molecule has 3 heteroatoms. The Kier molecular flexibility index (Phi) is 1.27. The maximum atomic E-state index is 9.37. The molecule has 0 amide bonds. The zero-order valence-electron chi connectivity index (χ0n) is 6.87. The maximum absolute atomic E-state index is 9.37. The third-order valence-corrected chi connectivity index (χ3v) is 2.49. The maximum Gasteiger partial charge on any atom is 0.234 e. The number of hydrogen-bond acceptors (Lipinski definition) is 3. The van der Waals surface area contributed by atoms with Gasteiger partial charge in [-0.15, -0.1) is 0 Å². The summed E-state index contributed by atoms with van der Waals surface area (Å²) in [6.45, 7) is 3.95. The molecule has 1 unspecified atom stereocenters. The summed E-state index contributed by atoms with van der Waals surface area (Å²) in [5.41, 5.74) is 0.784. The highest BCUT2D eigenvalue weighted by molar-refractivity contribution is 5.94. The Bertz CT molecular complexity index is 206. The molecule has 0 aromatic rings. The van der Waals surface area contributed by atoms with Crippen molar-refractivity contribution in [1.82, 2.24) is 0 Å². The van der Waals surface area contributed by atoms with Gasteiger partial charge in [0.25, 0.3) is 0 Å². The first-order valence-electron chi connectivity index (χ1n) is 4.04. The van der Waals surface area contributed by atoms with E-state index in [0.29, 0.717) is 5.92 Å². The normalized spacial score (nSPS) is 34.8. The van der Waals surface area contributed by atoms with Crippen LogP contribution in [0.1, 0.15) is 26.7 Å². The molecule has 0 radical (unpaired) electrons. The van der Waals surface area contributed by atoms with Crippen LogP contribution in [0.3, 0.4) is 0 Å². The molecule has 0 aromatic carbocycles. The summed E-state index contributed by atoms with van der Waals surface area (Å²) in [7, 11) is 0. The quantitative estimate of drug-likeness (QED) is 0.616. The lowest BCUT2D eigenvalue weighted by Crippen LogP contribution is -2.33. The molecule has 0 bridgehead atoms. The van der Waals surface area contributed by atoms with E-state index in [2.05, 4.69) is 5.16 Å². The molecule has 1 N–H and O–H groups in total. The van der Waals surface area contributed by atoms with E-state index in [0.717, 1.165) is 5.71 Å². The number of nitrogens with zero attached hydrogens (tertiary/aromatic N) is 1. The first kappa shape index (κ1) is 7.10. The van der Waals surface area contributed by atoms with Crippen molar-refractivity contribution in [2.24, 2.45) is 16.5 Å². The predicted octanol–water partition coefficient (Wildman–Crippen LogP) is 1.13. The van der Waals surface area contributed by atoms with Gasteiger partial charge in [0.15, 0.2) is 0 Å². The van der Waals surface area contributed by atoms with Crippen LogP contribution in [0.2, 0.25) is 0 Å². The van der Waals surface area contributed by atoms with E-state index in [-0.39, 0.29) is 5.41 Å². The van der Waals surface area contributed by atoms with Crippen molar-refractivity contribution in [2.45, 2.75) is 33.0 Å². The van der Waals surface area contributed by atoms with Gasteiger partial charge in [-0.3, -0.25) is 0 Å². The van der Waals surface area contributed by atoms with Gasteiger partial charge in [0.1, 0.15) is 0 Å². The van der Waals surface area contributed by atoms with Crippen LogP contribution in [0.5, 0.6) is 0 Å². The molecule has 0 aromatic heterocycles. The van der Waals surface area contributed by atoms with Gasteiger partial charge in [-0.2, -0.15) is 0 Å². The van der Waals surface area contributed by atoms with Gasteiger partial charge in [-0.05, 0) is 26.7 Å². The summed E-state index contributed by atoms with van der Waals surface area (Å²) < 4.78 is 0. The monoisotopic (exact) mass is 155 g/mol. The van der Waals surface area contributed by atoms with Gasteiger partial charge in [-0.1, -0.05) is 5.16 Å². The van der Waals surface area contributed by atoms with Crippen LogP contribution in [0, 0.1) is 11.3 Å². The summed E-state index contributed by atoms with van der Waals surface area (Å²) >= 11 is 0. The van der Waals surface area contributed by atoms with E-state index in [1.807, 2.05) is 13.8 Å². The Morgan fingerprint density at radius 3 is 2.55 bits per heavy atom. The molecule has 1 atom stereocenters. The molecule has 1 saturated carbocycles. The minimum atomic E-state index is -0.738. The second kappa shape index (κ2) is 1.97. The van der Waals surface area contributed by atoms with Gasteiger partial charge in [-0.25, -0.2) is 0 Å². The highest BCUT2D eigenvalue weighted by atomic mass is 16.7. The molecule has 11 heavy (non-hydrogen) atoms. The number of rotatable bonds is 1. The van der Waals surface area contributed by atoms with Crippen LogP contribution in [-0.4, -0.2) is 17.1 Å². The molecule has 0 spiro atoms. The Morgan fingerprint density at radius 2 is 2.18 bits per heavy atom. The number of hydrogen-bond donors (Lipinski definition) is 1. The second-order valence-electron chi connectivity index (χ2n) is 3.93. The van der Waals surface area contributed by atoms with Crippen molar-refractivity contribution >= 4 is 5.71 Å². The van der Waals surface area contributed by atoms with E-state index in [1.165, 1.54) is 12.8 Å². The van der Waals surface area contributed by atoms with E-state index < -0.39 is 6.29 Å². The zero-order valence-corrected chi connectivity index (χ0v) is 6.87. The first-order valence-corrected chi connectivity index (χ1v) is 4.04. The standard InChI is InChI=1S/C8H13NO2/c1-8(2)6(5-3-4-5)9-11-7(8)10/h5,7,10H,3-4H2,1-2H3. The van der Waals surface area contributed by atoms with Crippen molar-refractivity contribution in [3.05, 3.63) is 0 Å². The predicted molar refractivity (Wildman–Crippen MR) is 41.0 cm³/mol. The van der Waals surface area contributed by atoms with E-state index in [9.17, 15) is 5.11 Å². The lowest BCUT2D eigenvalue weighted by Gasteiger charge is -2.20. The summed E-state index contributed by atoms with van der Waals surface area (Å²) in [5.74, 6) is 0.585. The van der Waals surface area contributed by atoms with Gasteiger partial charge >= 0.3 is 0 Å². The Morgan fingerprint density at radius 1 is 1.55 bits per heavy atom. The Balaban J connectivity index is 2.20. The lowest BCUT2D eigenvalue weighted by molar-refractivity contribution is -0.121. The minimum Gasteiger partial charge on any atom is -0.363 e. The molecule has 0 saturated heterocycles. The first-order chi connectivity index (χ1) is 5.12. The fraction of sp³-hybridized carbons (Fsp3) is 0.875. The largest absolute Gasteiger partial charge is 0.363 e. The molecule has 2 aliphatic rings. The molecular formula is C8H13NO2. The Hall–Kier alpha value is -0.570. The second-order valence-corrected chi connectivity index (χ2v) is 3.93. The number of oxime groups is 1. The summed E-state index contributed by atoms with van der Waals surface area (Å²) in [6, 6.07) is 0. The molecule has 1 aliphatic heterocycles. The van der Waals surface area contributed by atoms with E-state index >= 15 is 0 Å². The van der Waals surface area contributed by atoms with Crippen LogP contribution >= 0.6 is 0 Å². The molecular weight excluding hydrogens is 142 g/mol. The lowest BCUT2D eigenvalue weighted by atomic mass is 9.85. The van der Waals surface area contributed by atoms with Crippen LogP contribution in [0.25, 0.3) is 0 Å². The fourth-order valence-electron chi connectivity index (χ4n) is 1.44. The van der Waals surface area contributed by atoms with Crippen LogP contribution in [0.4, 0.5) is 0 Å². The fourth-order valence-corrected chi connectivity index (χ4v) is 1.44. The molecule has 1 aliphatic carbocycles. The highest BCUT2D eigenvalue weighted by Crippen LogP contribution is 2.42. The molecule has 1 heterocycles. The smallest absolute Gasteiger partial charge is 0.234 e. The Labute approximate surface area is 66.0 Å². The number of aliphatic hydroxyl groups is 1. The van der Waals surface area contributed by atoms with Crippen molar-refractivity contribution in [3.8, 4) is 0 Å². The van der Waals surface area contributed by atoms with Crippen LogP contribution in [-0.2, 0) is 4.84 Å². The zero-order chi connectivity index (χ0) is 8.06. The average molecular weight is 155 g/mol. The van der Waals surface area contributed by atoms with Crippen molar-refractivity contribution in [1.29, 1.82) is 0 Å². The SMILES string of the molecule is CC1(C)C(C2CC2)=NOC1O. The minimum absolute atomic E-state index is 0.263. The summed E-state index contributed by atoms with van der Waals surface area (Å²) in [4.78, 5) is 4.83. The molecule has 1 fully saturated rings. The van der Waals surface area contributed by atoms with Gasteiger partial charge < -0.3 is 9.94 Å². The summed E-state index contributed by atoms with van der Waals surface area (Å²) in [6.07, 6.45) is 1.68. The average Bonchev–Trinajstić information content (AvgIpc) is 2.67. The van der Waals surface area contributed by atoms with Crippen molar-refractivity contribution in [2.75, 3.05) is 0 Å². The van der Waals surface area contributed by atoms with Crippen LogP contribution < -0.4 is 0 Å². The molecule has 2 rings (SSSR count). The van der Waals surface area contributed by atoms with E-state index in [4.69, 9.17) is 4.84 Å². The van der Waals surface area contributed by atoms with E-state index in [1.54, 1.807) is 0 Å². The number of aliphatic hydroxyl groups excluding tert-OH is 1. The van der Waals surface area contributed by atoms with Gasteiger partial charge in [0, 0.05) is 5.92 Å². The third-order valence-electron chi connectivity index (χ3n) is 2.49. The van der Waals surface area contributed by atoms with Crippen LogP contribution in [0.15, 0.2) is 5.16 Å². The third kappa shape index (κ3) is 0.948. The molecule has 62 valence electrons. The topological polar surface area (TPSA) is 41.8 Å². The van der Waals surface area contributed by atoms with Gasteiger partial charge in [0.05, 0.1) is 11.1 Å². The summed E-state index contributed by atoms with van der Waals surface area (Å²) in [5, 5.41) is 13.3.